The number of carbonyl (C=O) groups excluding carboxylic acids is 1. The third kappa shape index (κ3) is 3.29. The van der Waals surface area contributed by atoms with E-state index in [0.29, 0.717) is 13.2 Å². The molecule has 0 aliphatic carbocycles. The molecule has 1 fully saturated rings. The van der Waals surface area contributed by atoms with Crippen molar-refractivity contribution in [2.24, 2.45) is 5.18 Å². The number of hydrogen-bond donors (Lipinski definition) is 0. The van der Waals surface area contributed by atoms with Crippen molar-refractivity contribution in [2.45, 2.75) is 29.8 Å². The monoisotopic (exact) mass is 255 g/mol. The van der Waals surface area contributed by atoms with Gasteiger partial charge in [-0.15, -0.1) is 4.91 Å². The molecule has 0 aromatic heterocycles. The first-order valence-electron chi connectivity index (χ1n) is 4.43. The molecule has 0 N–H and O–H groups in total. The Bertz CT molecular complexity index is 258. The van der Waals surface area contributed by atoms with E-state index in [1.807, 2.05) is 0 Å². The largest absolute Gasteiger partial charge is 0.431 e. The summed E-state index contributed by atoms with van der Waals surface area (Å²) >= 11 is 11.1. The van der Waals surface area contributed by atoms with Gasteiger partial charge in [-0.2, -0.15) is 0 Å². The van der Waals surface area contributed by atoms with E-state index in [4.69, 9.17) is 32.7 Å². The number of hydrogen-bond acceptors (Lipinski definition) is 5. The Kier molecular flexibility index (Phi) is 3.92. The topological polar surface area (TPSA) is 65.0 Å². The predicted octanol–water partition coefficient (Wildman–Crippen LogP) is 2.00. The van der Waals surface area contributed by atoms with Crippen molar-refractivity contribution in [1.29, 1.82) is 0 Å². The molecule has 1 rings (SSSR count). The molecule has 1 saturated heterocycles. The molecule has 0 spiro atoms. The van der Waals surface area contributed by atoms with Crippen molar-refractivity contribution in [3.05, 3.63) is 4.91 Å². The van der Waals surface area contributed by atoms with Gasteiger partial charge < -0.3 is 9.47 Å². The molecule has 0 aromatic carbocycles. The second-order valence-electron chi connectivity index (χ2n) is 3.43. The van der Waals surface area contributed by atoms with Crippen LogP contribution in [0.15, 0.2) is 5.18 Å². The second-order valence-corrected chi connectivity index (χ2v) is 5.13. The third-order valence-corrected chi connectivity index (χ3v) is 2.39. The molecule has 1 aliphatic heterocycles. The van der Waals surface area contributed by atoms with Gasteiger partial charge in [0.15, 0.2) is 0 Å². The summed E-state index contributed by atoms with van der Waals surface area (Å²) in [6.45, 7) is 1.91. The smallest absolute Gasteiger partial charge is 0.344 e. The summed E-state index contributed by atoms with van der Waals surface area (Å²) in [5.41, 5.74) is -1.37. The number of alkyl halides is 2. The molecule has 0 amide bonds. The van der Waals surface area contributed by atoms with Crippen molar-refractivity contribution >= 4 is 29.2 Å². The summed E-state index contributed by atoms with van der Waals surface area (Å²) < 4.78 is 8.30. The standard InChI is InChI=1S/C8H11Cl2NO4/c1-7(9,10)6(12)15-8(11-13)2-4-14-5-3-8/h2-5H2,1H3. The van der Waals surface area contributed by atoms with Crippen molar-refractivity contribution in [3.8, 4) is 0 Å². The van der Waals surface area contributed by atoms with Gasteiger partial charge in [-0.05, 0) is 12.1 Å². The molecule has 0 aromatic rings. The first-order valence-corrected chi connectivity index (χ1v) is 5.19. The van der Waals surface area contributed by atoms with E-state index >= 15 is 0 Å². The molecule has 15 heavy (non-hydrogen) atoms. The molecule has 0 unspecified atom stereocenters. The van der Waals surface area contributed by atoms with Gasteiger partial charge in [-0.3, -0.25) is 0 Å². The van der Waals surface area contributed by atoms with Gasteiger partial charge in [0.2, 0.25) is 10.1 Å². The molecule has 0 radical (unpaired) electrons. The fourth-order valence-corrected chi connectivity index (χ4v) is 1.24. The molecule has 0 atom stereocenters. The Morgan fingerprint density at radius 3 is 2.40 bits per heavy atom. The van der Waals surface area contributed by atoms with E-state index < -0.39 is 16.0 Å². The summed E-state index contributed by atoms with van der Waals surface area (Å²) in [7, 11) is 0. The van der Waals surface area contributed by atoms with Gasteiger partial charge in [0.25, 0.3) is 0 Å². The van der Waals surface area contributed by atoms with Crippen LogP contribution in [0, 0.1) is 4.91 Å². The minimum absolute atomic E-state index is 0.228. The molecule has 0 bridgehead atoms. The molecule has 7 heteroatoms. The predicted molar refractivity (Wildman–Crippen MR) is 54.8 cm³/mol. The summed E-state index contributed by atoms with van der Waals surface area (Å²) in [5.74, 6) is -0.868. The number of ether oxygens (including phenoxy) is 2. The van der Waals surface area contributed by atoms with Gasteiger partial charge in [-0.25, -0.2) is 4.79 Å². The van der Waals surface area contributed by atoms with E-state index in [0.717, 1.165) is 0 Å². The maximum Gasteiger partial charge on any atom is 0.344 e. The van der Waals surface area contributed by atoms with E-state index in [1.54, 1.807) is 0 Å². The highest BCUT2D eigenvalue weighted by molar-refractivity contribution is 6.57. The third-order valence-electron chi connectivity index (χ3n) is 2.08. The van der Waals surface area contributed by atoms with Crippen LogP contribution < -0.4 is 0 Å². The zero-order valence-corrected chi connectivity index (χ0v) is 9.68. The fraction of sp³-hybridized carbons (Fsp3) is 0.875. The van der Waals surface area contributed by atoms with E-state index in [2.05, 4.69) is 5.18 Å². The minimum atomic E-state index is -1.67. The number of esters is 1. The van der Waals surface area contributed by atoms with Gasteiger partial charge in [-0.1, -0.05) is 23.2 Å². The fourth-order valence-electron chi connectivity index (χ4n) is 1.16. The second kappa shape index (κ2) is 4.63. The average molecular weight is 256 g/mol. The number of carbonyl (C=O) groups is 1. The van der Waals surface area contributed by atoms with E-state index in [9.17, 15) is 9.70 Å². The summed E-state index contributed by atoms with van der Waals surface area (Å²) in [6, 6.07) is 0. The lowest BCUT2D eigenvalue weighted by molar-refractivity contribution is -0.168. The highest BCUT2D eigenvalue weighted by Gasteiger charge is 2.42. The highest BCUT2D eigenvalue weighted by Crippen LogP contribution is 2.31. The molecule has 5 nitrogen and oxygen atoms in total. The zero-order valence-electron chi connectivity index (χ0n) is 8.16. The van der Waals surface area contributed by atoms with Gasteiger partial charge >= 0.3 is 5.97 Å². The van der Waals surface area contributed by atoms with Crippen molar-refractivity contribution in [2.75, 3.05) is 13.2 Å². The lowest BCUT2D eigenvalue weighted by atomic mass is 10.1. The normalized spacial score (nSPS) is 20.7. The first kappa shape index (κ1) is 12.7. The average Bonchev–Trinajstić information content (AvgIpc) is 2.18. The summed E-state index contributed by atoms with van der Waals surface area (Å²) in [5, 5.41) is 2.84. The Labute approximate surface area is 97.0 Å². The lowest BCUT2D eigenvalue weighted by Gasteiger charge is -2.31. The Morgan fingerprint density at radius 1 is 1.47 bits per heavy atom. The van der Waals surface area contributed by atoms with Crippen molar-refractivity contribution < 1.29 is 14.3 Å². The summed E-state index contributed by atoms with van der Waals surface area (Å²) in [4.78, 5) is 22.0. The van der Waals surface area contributed by atoms with Crippen LogP contribution in [0.2, 0.25) is 0 Å². The Balaban J connectivity index is 2.68. The van der Waals surface area contributed by atoms with Crippen LogP contribution in [0.5, 0.6) is 0 Å². The van der Waals surface area contributed by atoms with Crippen LogP contribution in [0.4, 0.5) is 0 Å². The molecule has 1 aliphatic rings. The first-order chi connectivity index (χ1) is 6.90. The Hall–Kier alpha value is -0.390. The Morgan fingerprint density at radius 2 is 2.00 bits per heavy atom. The maximum absolute atomic E-state index is 11.4. The summed E-state index contributed by atoms with van der Waals surface area (Å²) in [6.07, 6.45) is 0.457. The molecule has 1 heterocycles. The highest BCUT2D eigenvalue weighted by atomic mass is 35.5. The van der Waals surface area contributed by atoms with E-state index in [1.165, 1.54) is 6.92 Å². The molecule has 0 saturated carbocycles. The molecule has 86 valence electrons. The number of halogens is 2. The zero-order chi connectivity index (χ0) is 11.5. The van der Waals surface area contributed by atoms with Crippen LogP contribution >= 0.6 is 23.2 Å². The minimum Gasteiger partial charge on any atom is -0.431 e. The van der Waals surface area contributed by atoms with Crippen molar-refractivity contribution in [3.63, 3.8) is 0 Å². The van der Waals surface area contributed by atoms with Crippen LogP contribution in [-0.4, -0.2) is 29.2 Å². The van der Waals surface area contributed by atoms with Gasteiger partial charge in [0, 0.05) is 12.8 Å². The van der Waals surface area contributed by atoms with Crippen LogP contribution in [0.25, 0.3) is 0 Å². The van der Waals surface area contributed by atoms with Crippen molar-refractivity contribution in [1.82, 2.24) is 0 Å². The molecular formula is C8H11Cl2NO4. The van der Waals surface area contributed by atoms with Gasteiger partial charge in [0.1, 0.15) is 0 Å². The number of rotatable bonds is 3. The number of nitroso groups, excluding NO2 is 1. The van der Waals surface area contributed by atoms with Crippen LogP contribution in [0.1, 0.15) is 19.8 Å². The maximum atomic E-state index is 11.4. The SMILES string of the molecule is CC(Cl)(Cl)C(=O)OC1(N=O)CCOCC1. The lowest BCUT2D eigenvalue weighted by Crippen LogP contribution is -2.42. The van der Waals surface area contributed by atoms with Crippen LogP contribution in [-0.2, 0) is 14.3 Å². The quantitative estimate of drug-likeness (QED) is 0.440. The number of nitrogens with zero attached hydrogens (tertiary/aromatic N) is 1. The van der Waals surface area contributed by atoms with Gasteiger partial charge in [0.05, 0.1) is 13.2 Å². The molecular weight excluding hydrogens is 245 g/mol. The van der Waals surface area contributed by atoms with Crippen LogP contribution in [0.3, 0.4) is 0 Å². The van der Waals surface area contributed by atoms with E-state index in [-0.39, 0.29) is 12.8 Å².